The van der Waals surface area contributed by atoms with Crippen molar-refractivity contribution in [1.29, 1.82) is 0 Å². The van der Waals surface area contributed by atoms with Gasteiger partial charge in [0.1, 0.15) is 16.3 Å². The number of pyridine rings is 1. The summed E-state index contributed by atoms with van der Waals surface area (Å²) < 4.78 is 35.6. The second-order valence-electron chi connectivity index (χ2n) is 10.3. The molecule has 0 saturated heterocycles. The third-order valence-corrected chi connectivity index (χ3v) is 7.71. The summed E-state index contributed by atoms with van der Waals surface area (Å²) in [4.78, 5) is 26.3. The lowest BCUT2D eigenvalue weighted by Crippen LogP contribution is -2.33. The van der Waals surface area contributed by atoms with Gasteiger partial charge in [0.05, 0.1) is 10.5 Å². The largest absolute Gasteiger partial charge is 0.454 e. The van der Waals surface area contributed by atoms with Crippen LogP contribution in [0.1, 0.15) is 48.8 Å². The quantitative estimate of drug-likeness (QED) is 0.332. The number of hydrogen-bond donors (Lipinski definition) is 2. The maximum atomic E-state index is 14.4. The van der Waals surface area contributed by atoms with Crippen LogP contribution in [0, 0.1) is 11.6 Å². The Bertz CT molecular complexity index is 1610. The standard InChI is InChI=1S/C28H26F2N2O4S/c1-27(2,35)15-5-7-21(36-22-8-6-16(29)12-20(22)30)17(11-15)19-14-32(4)26(34)24-18(19)13-23(37-24)25(33)31-28(3)9-10-28/h5-8,11-14,35H,9-10H2,1-4H3,(H,31,33). The Hall–Kier alpha value is -3.56. The number of carbonyl (C=O) groups is 1. The molecule has 0 bridgehead atoms. The average Bonchev–Trinajstić information content (AvgIpc) is 3.36. The molecule has 0 aliphatic heterocycles. The number of rotatable bonds is 6. The predicted octanol–water partition coefficient (Wildman–Crippen LogP) is 5.85. The van der Waals surface area contributed by atoms with Crippen molar-refractivity contribution in [2.45, 2.75) is 44.8 Å². The van der Waals surface area contributed by atoms with E-state index in [1.807, 2.05) is 6.92 Å². The lowest BCUT2D eigenvalue weighted by atomic mass is 9.93. The van der Waals surface area contributed by atoms with Crippen molar-refractivity contribution >= 4 is 27.3 Å². The number of aromatic nitrogens is 1. The van der Waals surface area contributed by atoms with Crippen LogP contribution in [0.4, 0.5) is 8.78 Å². The number of nitrogens with zero attached hydrogens (tertiary/aromatic N) is 1. The van der Waals surface area contributed by atoms with E-state index in [4.69, 9.17) is 4.74 Å². The second-order valence-corrected chi connectivity index (χ2v) is 11.3. The van der Waals surface area contributed by atoms with E-state index in [9.17, 15) is 23.5 Å². The summed E-state index contributed by atoms with van der Waals surface area (Å²) in [7, 11) is 1.61. The average molecular weight is 525 g/mol. The summed E-state index contributed by atoms with van der Waals surface area (Å²) in [5, 5.41) is 14.2. The number of aryl methyl sites for hydroxylation is 1. The fraction of sp³-hybridized carbons (Fsp3) is 0.286. The smallest absolute Gasteiger partial charge is 0.268 e. The first-order valence-electron chi connectivity index (χ1n) is 11.8. The number of ether oxygens (including phenoxy) is 1. The maximum Gasteiger partial charge on any atom is 0.268 e. The van der Waals surface area contributed by atoms with Gasteiger partial charge in [0.2, 0.25) is 0 Å². The number of nitrogens with one attached hydrogen (secondary N) is 1. The number of halogens is 2. The number of hydrogen-bond acceptors (Lipinski definition) is 5. The molecule has 1 aliphatic rings. The molecule has 6 nitrogen and oxygen atoms in total. The van der Waals surface area contributed by atoms with Gasteiger partial charge in [-0.05, 0) is 69.5 Å². The maximum absolute atomic E-state index is 14.4. The zero-order chi connectivity index (χ0) is 26.7. The molecular weight excluding hydrogens is 498 g/mol. The molecule has 37 heavy (non-hydrogen) atoms. The van der Waals surface area contributed by atoms with Gasteiger partial charge < -0.3 is 19.7 Å². The van der Waals surface area contributed by atoms with Gasteiger partial charge in [-0.2, -0.15) is 0 Å². The Balaban J connectivity index is 1.70. The van der Waals surface area contributed by atoms with E-state index in [0.29, 0.717) is 31.7 Å². The summed E-state index contributed by atoms with van der Waals surface area (Å²) in [6.07, 6.45) is 3.43. The minimum absolute atomic E-state index is 0.178. The zero-order valence-corrected chi connectivity index (χ0v) is 21.6. The highest BCUT2D eigenvalue weighted by molar-refractivity contribution is 7.20. The monoisotopic (exact) mass is 524 g/mol. The van der Waals surface area contributed by atoms with E-state index in [0.717, 1.165) is 36.3 Å². The summed E-state index contributed by atoms with van der Waals surface area (Å²) in [5.74, 6) is -1.79. The van der Waals surface area contributed by atoms with Gasteiger partial charge in [-0.25, -0.2) is 8.78 Å². The van der Waals surface area contributed by atoms with E-state index in [-0.39, 0.29) is 28.5 Å². The van der Waals surface area contributed by atoms with Gasteiger partial charge in [0, 0.05) is 41.4 Å². The third kappa shape index (κ3) is 4.89. The number of benzene rings is 2. The highest BCUT2D eigenvalue weighted by Crippen LogP contribution is 2.41. The molecule has 192 valence electrons. The summed E-state index contributed by atoms with van der Waals surface area (Å²) in [6, 6.07) is 9.65. The molecule has 2 N–H and O–H groups in total. The van der Waals surface area contributed by atoms with Crippen LogP contribution in [-0.4, -0.2) is 21.1 Å². The Morgan fingerprint density at radius 2 is 1.81 bits per heavy atom. The van der Waals surface area contributed by atoms with Crippen molar-refractivity contribution in [3.63, 3.8) is 0 Å². The van der Waals surface area contributed by atoms with Gasteiger partial charge in [-0.3, -0.25) is 9.59 Å². The number of fused-ring (bicyclic) bond motifs is 1. The third-order valence-electron chi connectivity index (χ3n) is 6.59. The second kappa shape index (κ2) is 8.78. The van der Waals surface area contributed by atoms with Crippen molar-refractivity contribution in [2.24, 2.45) is 7.05 Å². The fourth-order valence-electron chi connectivity index (χ4n) is 4.09. The van der Waals surface area contributed by atoms with Gasteiger partial charge in [0.25, 0.3) is 11.5 Å². The fourth-order valence-corrected chi connectivity index (χ4v) is 5.14. The minimum Gasteiger partial charge on any atom is -0.454 e. The number of amides is 1. The molecule has 1 fully saturated rings. The van der Waals surface area contributed by atoms with Gasteiger partial charge >= 0.3 is 0 Å². The van der Waals surface area contributed by atoms with Crippen molar-refractivity contribution in [2.75, 3.05) is 0 Å². The number of thiophene rings is 1. The van der Waals surface area contributed by atoms with Crippen molar-refractivity contribution in [1.82, 2.24) is 9.88 Å². The Kier molecular flexibility index (Phi) is 5.96. The Morgan fingerprint density at radius 3 is 2.46 bits per heavy atom. The van der Waals surface area contributed by atoms with Crippen LogP contribution >= 0.6 is 11.3 Å². The van der Waals surface area contributed by atoms with Gasteiger partial charge in [-0.1, -0.05) is 6.07 Å². The van der Waals surface area contributed by atoms with E-state index in [1.165, 1.54) is 10.6 Å². The van der Waals surface area contributed by atoms with Crippen LogP contribution in [0.2, 0.25) is 0 Å². The minimum atomic E-state index is -1.20. The van der Waals surface area contributed by atoms with E-state index in [2.05, 4.69) is 5.32 Å². The molecule has 2 heterocycles. The van der Waals surface area contributed by atoms with Crippen LogP contribution in [0.5, 0.6) is 11.5 Å². The van der Waals surface area contributed by atoms with Crippen LogP contribution < -0.4 is 15.6 Å². The summed E-state index contributed by atoms with van der Waals surface area (Å²) >= 11 is 1.11. The molecular formula is C28H26F2N2O4S. The molecule has 1 saturated carbocycles. The topological polar surface area (TPSA) is 80.6 Å². The molecule has 4 aromatic rings. The molecule has 2 aromatic carbocycles. The van der Waals surface area contributed by atoms with Crippen LogP contribution in [0.3, 0.4) is 0 Å². The van der Waals surface area contributed by atoms with E-state index in [1.54, 1.807) is 51.4 Å². The van der Waals surface area contributed by atoms with E-state index >= 15 is 0 Å². The Morgan fingerprint density at radius 1 is 1.11 bits per heavy atom. The first-order valence-corrected chi connectivity index (χ1v) is 12.6. The summed E-state index contributed by atoms with van der Waals surface area (Å²) in [5.41, 5.74) is -0.0791. The predicted molar refractivity (Wildman–Crippen MR) is 139 cm³/mol. The summed E-state index contributed by atoms with van der Waals surface area (Å²) in [6.45, 7) is 5.24. The molecule has 0 spiro atoms. The highest BCUT2D eigenvalue weighted by Gasteiger charge is 2.39. The zero-order valence-electron chi connectivity index (χ0n) is 20.8. The van der Waals surface area contributed by atoms with Crippen molar-refractivity contribution in [3.05, 3.63) is 81.1 Å². The van der Waals surface area contributed by atoms with Crippen LogP contribution in [-0.2, 0) is 12.6 Å². The number of aliphatic hydroxyl groups is 1. The lowest BCUT2D eigenvalue weighted by molar-refractivity contribution is 0.0786. The van der Waals surface area contributed by atoms with E-state index < -0.39 is 17.2 Å². The van der Waals surface area contributed by atoms with Gasteiger partial charge in [-0.15, -0.1) is 11.3 Å². The molecule has 1 amide bonds. The molecule has 0 radical (unpaired) electrons. The Labute approximate surface area is 216 Å². The first kappa shape index (κ1) is 25.1. The lowest BCUT2D eigenvalue weighted by Gasteiger charge is -2.21. The van der Waals surface area contributed by atoms with Crippen molar-refractivity contribution in [3.8, 4) is 22.6 Å². The molecule has 0 atom stereocenters. The number of carbonyl (C=O) groups excluding carboxylic acids is 1. The first-order chi connectivity index (χ1) is 17.3. The molecule has 5 rings (SSSR count). The molecule has 2 aromatic heterocycles. The molecule has 0 unspecified atom stereocenters. The SMILES string of the molecule is Cn1cc(-c2cc(C(C)(C)O)ccc2Oc2ccc(F)cc2F)c2cc(C(=O)NC3(C)CC3)sc2c1=O. The van der Waals surface area contributed by atoms with Crippen LogP contribution in [0.15, 0.2) is 53.5 Å². The highest BCUT2D eigenvalue weighted by atomic mass is 32.1. The molecule has 1 aliphatic carbocycles. The normalized spacial score (nSPS) is 14.6. The van der Waals surface area contributed by atoms with Crippen LogP contribution in [0.25, 0.3) is 21.2 Å². The molecule has 9 heteroatoms. The van der Waals surface area contributed by atoms with Crippen molar-refractivity contribution < 1.29 is 23.4 Å². The van der Waals surface area contributed by atoms with Gasteiger partial charge in [0.15, 0.2) is 11.6 Å².